The minimum Gasteiger partial charge on any atom is -0.464 e. The van der Waals surface area contributed by atoms with Crippen molar-refractivity contribution in [3.63, 3.8) is 0 Å². The second kappa shape index (κ2) is 17.4. The average molecular weight is 760 g/mol. The number of hydrogen-bond acceptors (Lipinski definition) is 13. The van der Waals surface area contributed by atoms with Gasteiger partial charge in [-0.1, -0.05) is 72.6 Å². The van der Waals surface area contributed by atoms with Crippen molar-refractivity contribution in [3.8, 4) is 5.75 Å². The SMILES string of the molecule is CCC(CC)COC(=O)[C@H](C)NP(=O)(OC[C@H]1O[C@@](C)(c2ccc3c(N)ncnn23)[C@H](OC(=O)C(C)C)[C@@H]1OC(=O)C(C)C)Oc1c(C)cccc1C. The Balaban J connectivity index is 1.75. The quantitative estimate of drug-likeness (QED) is 0.0948. The van der Waals surface area contributed by atoms with Gasteiger partial charge in [-0.05, 0) is 56.9 Å². The molecule has 292 valence electrons. The third kappa shape index (κ3) is 9.56. The van der Waals surface area contributed by atoms with Gasteiger partial charge >= 0.3 is 25.7 Å². The number of nitrogens with zero attached hydrogens (tertiary/aromatic N) is 3. The number of carbonyl (C=O) groups is 3. The van der Waals surface area contributed by atoms with Crippen LogP contribution in [0.15, 0.2) is 36.7 Å². The van der Waals surface area contributed by atoms with Gasteiger partial charge in [-0.2, -0.15) is 10.2 Å². The molecule has 53 heavy (non-hydrogen) atoms. The molecule has 1 aliphatic rings. The van der Waals surface area contributed by atoms with Crippen molar-refractivity contribution in [2.75, 3.05) is 18.9 Å². The number of hydrogen-bond donors (Lipinski definition) is 2. The zero-order valence-corrected chi connectivity index (χ0v) is 33.2. The van der Waals surface area contributed by atoms with Gasteiger partial charge in [0.2, 0.25) is 0 Å². The summed E-state index contributed by atoms with van der Waals surface area (Å²) in [6, 6.07) is 7.70. The minimum absolute atomic E-state index is 0.178. The summed E-state index contributed by atoms with van der Waals surface area (Å²) in [5, 5.41) is 7.11. The molecule has 2 aromatic heterocycles. The topological polar surface area (TPSA) is 192 Å². The normalized spacial score (nSPS) is 21.9. The summed E-state index contributed by atoms with van der Waals surface area (Å²) >= 11 is 0. The molecule has 0 saturated carbocycles. The van der Waals surface area contributed by atoms with E-state index in [4.69, 9.17) is 33.7 Å². The lowest BCUT2D eigenvalue weighted by Gasteiger charge is -2.31. The molecule has 1 fully saturated rings. The van der Waals surface area contributed by atoms with Crippen LogP contribution in [0.25, 0.3) is 5.52 Å². The summed E-state index contributed by atoms with van der Waals surface area (Å²) in [7, 11) is -4.43. The number of nitrogens with two attached hydrogens (primary N) is 1. The first-order valence-electron chi connectivity index (χ1n) is 18.1. The van der Waals surface area contributed by atoms with Gasteiger partial charge in [0.05, 0.1) is 30.7 Å². The molecule has 1 aliphatic heterocycles. The molecule has 4 rings (SSSR count). The number of nitrogen functional groups attached to an aromatic ring is 1. The van der Waals surface area contributed by atoms with E-state index in [0.717, 1.165) is 12.8 Å². The van der Waals surface area contributed by atoms with E-state index in [1.807, 2.05) is 19.9 Å². The number of aromatic nitrogens is 3. The number of rotatable bonds is 17. The number of anilines is 1. The van der Waals surface area contributed by atoms with Gasteiger partial charge in [0.25, 0.3) is 0 Å². The molecular formula is C37H54N5O10P. The van der Waals surface area contributed by atoms with Crippen LogP contribution in [-0.4, -0.2) is 70.1 Å². The molecule has 1 saturated heterocycles. The first kappa shape index (κ1) is 41.7. The largest absolute Gasteiger partial charge is 0.464 e. The molecule has 0 radical (unpaired) electrons. The van der Waals surface area contributed by atoms with Crippen LogP contribution >= 0.6 is 7.75 Å². The highest BCUT2D eigenvalue weighted by atomic mass is 31.2. The highest BCUT2D eigenvalue weighted by Gasteiger charge is 2.59. The fourth-order valence-corrected chi connectivity index (χ4v) is 7.56. The molecule has 15 nitrogen and oxygen atoms in total. The van der Waals surface area contributed by atoms with Crippen LogP contribution in [0.4, 0.5) is 5.82 Å². The van der Waals surface area contributed by atoms with Crippen LogP contribution in [-0.2, 0) is 48.0 Å². The predicted octanol–water partition coefficient (Wildman–Crippen LogP) is 5.84. The maximum atomic E-state index is 14.8. The molecular weight excluding hydrogens is 705 g/mol. The van der Waals surface area contributed by atoms with Crippen molar-refractivity contribution >= 4 is 37.0 Å². The number of aryl methyl sites for hydroxylation is 2. The molecule has 3 aromatic rings. The summed E-state index contributed by atoms with van der Waals surface area (Å²) in [6.45, 7) is 17.2. The number of nitrogens with one attached hydrogen (secondary N) is 1. The first-order chi connectivity index (χ1) is 24.9. The highest BCUT2D eigenvalue weighted by Crippen LogP contribution is 2.49. The van der Waals surface area contributed by atoms with Crippen molar-refractivity contribution in [3.05, 3.63) is 53.5 Å². The summed E-state index contributed by atoms with van der Waals surface area (Å²) in [6.07, 6.45) is -0.713. The third-order valence-electron chi connectivity index (χ3n) is 9.38. The Morgan fingerprint density at radius 3 is 2.21 bits per heavy atom. The number of para-hydroxylation sites is 1. The maximum absolute atomic E-state index is 14.8. The molecule has 1 aromatic carbocycles. The Morgan fingerprint density at radius 2 is 1.60 bits per heavy atom. The smallest absolute Gasteiger partial charge is 0.459 e. The minimum atomic E-state index is -4.43. The lowest BCUT2D eigenvalue weighted by Crippen LogP contribution is -2.46. The molecule has 0 aliphatic carbocycles. The summed E-state index contributed by atoms with van der Waals surface area (Å²) in [5.74, 6) is -2.22. The van der Waals surface area contributed by atoms with E-state index in [1.165, 1.54) is 17.8 Å². The molecule has 3 heterocycles. The first-order valence-corrected chi connectivity index (χ1v) is 19.6. The van der Waals surface area contributed by atoms with Crippen LogP contribution in [0.1, 0.15) is 85.1 Å². The van der Waals surface area contributed by atoms with Crippen LogP contribution in [0.2, 0.25) is 0 Å². The van der Waals surface area contributed by atoms with Crippen molar-refractivity contribution < 1.29 is 46.9 Å². The van der Waals surface area contributed by atoms with Crippen molar-refractivity contribution in [1.29, 1.82) is 0 Å². The Hall–Kier alpha value is -4.04. The second-order valence-corrected chi connectivity index (χ2v) is 16.0. The maximum Gasteiger partial charge on any atom is 0.459 e. The van der Waals surface area contributed by atoms with Crippen LogP contribution in [0.5, 0.6) is 5.75 Å². The molecule has 0 amide bonds. The zero-order chi connectivity index (χ0) is 39.2. The monoisotopic (exact) mass is 759 g/mol. The summed E-state index contributed by atoms with van der Waals surface area (Å²) in [5.41, 5.74) is 6.86. The van der Waals surface area contributed by atoms with E-state index in [-0.39, 0.29) is 18.3 Å². The molecule has 0 spiro atoms. The third-order valence-corrected chi connectivity index (χ3v) is 11.0. The molecule has 6 atom stereocenters. The van der Waals surface area contributed by atoms with Crippen LogP contribution in [0, 0.1) is 31.6 Å². The fourth-order valence-electron chi connectivity index (χ4n) is 5.93. The van der Waals surface area contributed by atoms with E-state index in [9.17, 15) is 18.9 Å². The van der Waals surface area contributed by atoms with Crippen LogP contribution in [0.3, 0.4) is 0 Å². The van der Waals surface area contributed by atoms with E-state index >= 15 is 0 Å². The van der Waals surface area contributed by atoms with Crippen LogP contribution < -0.4 is 15.3 Å². The predicted molar refractivity (Wildman–Crippen MR) is 197 cm³/mol. The highest BCUT2D eigenvalue weighted by molar-refractivity contribution is 7.52. The summed E-state index contributed by atoms with van der Waals surface area (Å²) in [4.78, 5) is 43.6. The molecule has 0 bridgehead atoms. The molecule has 16 heteroatoms. The Kier molecular flexibility index (Phi) is 13.7. The lowest BCUT2D eigenvalue weighted by molar-refractivity contribution is -0.175. The van der Waals surface area contributed by atoms with E-state index in [0.29, 0.717) is 28.1 Å². The zero-order valence-electron chi connectivity index (χ0n) is 32.3. The van der Waals surface area contributed by atoms with Gasteiger partial charge in [-0.25, -0.2) is 14.1 Å². The Labute approximate surface area is 311 Å². The molecule has 1 unspecified atom stereocenters. The number of ether oxygens (including phenoxy) is 4. The number of carbonyl (C=O) groups excluding carboxylic acids is 3. The van der Waals surface area contributed by atoms with Gasteiger partial charge in [-0.3, -0.25) is 18.9 Å². The van der Waals surface area contributed by atoms with Crippen molar-refractivity contribution in [2.24, 2.45) is 17.8 Å². The van der Waals surface area contributed by atoms with E-state index < -0.39 is 74.1 Å². The van der Waals surface area contributed by atoms with Gasteiger partial charge in [0.1, 0.15) is 35.3 Å². The Morgan fingerprint density at radius 1 is 0.981 bits per heavy atom. The van der Waals surface area contributed by atoms with Gasteiger partial charge in [0.15, 0.2) is 18.0 Å². The second-order valence-electron chi connectivity index (χ2n) is 14.3. The summed E-state index contributed by atoms with van der Waals surface area (Å²) < 4.78 is 52.8. The standard InChI is InChI=1S/C37H54N5O10P/c1-11-26(12-2)18-47-36(45)25(9)41-53(46,52-30-23(7)14-13-15-24(30)8)48-19-28-31(49-34(43)21(3)4)32(50-35(44)22(5)6)37(10,51-28)29-17-16-27-33(38)39-20-40-42(27)29/h13-17,20-22,25-26,28,31-32H,11-12,18-19H2,1-10H3,(H,41,46)(H2,38,39,40)/t25-,28+,31+,32+,37-,53?/m0/s1. The number of benzene rings is 1. The van der Waals surface area contributed by atoms with Gasteiger partial charge in [-0.15, -0.1) is 0 Å². The van der Waals surface area contributed by atoms with Gasteiger partial charge < -0.3 is 29.2 Å². The van der Waals surface area contributed by atoms with E-state index in [1.54, 1.807) is 72.7 Å². The lowest BCUT2D eigenvalue weighted by atomic mass is 9.92. The Bertz CT molecular complexity index is 1790. The number of fused-ring (bicyclic) bond motifs is 1. The van der Waals surface area contributed by atoms with Crippen molar-refractivity contribution in [2.45, 2.75) is 112 Å². The fraction of sp³-hybridized carbons (Fsp3) is 0.595. The number of esters is 3. The van der Waals surface area contributed by atoms with E-state index in [2.05, 4.69) is 15.2 Å². The van der Waals surface area contributed by atoms with Crippen molar-refractivity contribution in [1.82, 2.24) is 19.7 Å². The molecule has 3 N–H and O–H groups in total. The van der Waals surface area contributed by atoms with Gasteiger partial charge in [0, 0.05) is 0 Å². The average Bonchev–Trinajstić information content (AvgIpc) is 3.66.